The summed E-state index contributed by atoms with van der Waals surface area (Å²) in [5, 5.41) is 0. The second-order valence-electron chi connectivity index (χ2n) is 7.30. The number of carbonyl (C=O) groups is 1. The highest BCUT2D eigenvalue weighted by molar-refractivity contribution is 7.91. The average Bonchev–Trinajstić information content (AvgIpc) is 2.79. The molecule has 10 heteroatoms. The highest BCUT2D eigenvalue weighted by atomic mass is 32.2. The molecule has 0 saturated heterocycles. The molecule has 170 valence electrons. The van der Waals surface area contributed by atoms with Crippen LogP contribution in [0.5, 0.6) is 5.75 Å². The number of nitrogens with zero attached hydrogens (tertiary/aromatic N) is 3. The maximum absolute atomic E-state index is 12.9. The lowest BCUT2D eigenvalue weighted by molar-refractivity contribution is -0.118. The van der Waals surface area contributed by atoms with Crippen LogP contribution in [-0.4, -0.2) is 42.9 Å². The Bertz CT molecular complexity index is 1410. The smallest absolute Gasteiger partial charge is 0.316 e. The van der Waals surface area contributed by atoms with Gasteiger partial charge in [0.05, 0.1) is 34.0 Å². The number of aromatic nitrogens is 2. The molecule has 1 aromatic heterocycles. The number of anilines is 1. The van der Waals surface area contributed by atoms with E-state index in [-0.39, 0.29) is 17.2 Å². The highest BCUT2D eigenvalue weighted by Crippen LogP contribution is 2.28. The fourth-order valence-electron chi connectivity index (χ4n) is 3.41. The molecule has 2 aromatic carbocycles. The molecule has 0 spiro atoms. The van der Waals surface area contributed by atoms with Crippen LogP contribution in [0.1, 0.15) is 13.3 Å². The van der Waals surface area contributed by atoms with Gasteiger partial charge < -0.3 is 18.8 Å². The number of hydrogen-bond donors (Lipinski definition) is 0. The molecule has 9 nitrogen and oxygen atoms in total. The van der Waals surface area contributed by atoms with Crippen molar-refractivity contribution in [3.05, 3.63) is 63.2 Å². The molecule has 0 N–H and O–H groups in total. The van der Waals surface area contributed by atoms with E-state index in [0.717, 1.165) is 4.57 Å². The Balaban J connectivity index is 1.85. The fraction of sp³-hybridized carbons (Fsp3) is 0.318. The maximum Gasteiger partial charge on any atom is 0.316 e. The second kappa shape index (κ2) is 8.99. The number of benzene rings is 2. The summed E-state index contributed by atoms with van der Waals surface area (Å²) < 4.78 is 33.7. The standard InChI is InChI=1S/C22H25N3O6S/c1-5-31-19-9-7-6-8-17(19)23(2)20(26)12-13-32(29,30)15-10-11-16-18(14-15)25(4)22(28)21(27)24(16)3/h6-11,14H,5,12-13H2,1-4H3. The molecule has 0 bridgehead atoms. The third-order valence-electron chi connectivity index (χ3n) is 5.31. The van der Waals surface area contributed by atoms with E-state index in [2.05, 4.69) is 0 Å². The van der Waals surface area contributed by atoms with Crippen molar-refractivity contribution in [2.75, 3.05) is 24.3 Å². The first-order valence-corrected chi connectivity index (χ1v) is 11.6. The third kappa shape index (κ3) is 4.31. The summed E-state index contributed by atoms with van der Waals surface area (Å²) >= 11 is 0. The van der Waals surface area contributed by atoms with Crippen LogP contribution < -0.4 is 20.8 Å². The normalized spacial score (nSPS) is 11.5. The molecule has 0 atom stereocenters. The van der Waals surface area contributed by atoms with Gasteiger partial charge in [-0.15, -0.1) is 0 Å². The molecule has 0 aliphatic rings. The average molecular weight is 460 g/mol. The minimum atomic E-state index is -3.82. The molecule has 0 radical (unpaired) electrons. The minimum Gasteiger partial charge on any atom is -0.492 e. The van der Waals surface area contributed by atoms with Crippen LogP contribution in [0.2, 0.25) is 0 Å². The summed E-state index contributed by atoms with van der Waals surface area (Å²) in [6.45, 7) is 2.27. The van der Waals surface area contributed by atoms with Gasteiger partial charge in [-0.2, -0.15) is 0 Å². The van der Waals surface area contributed by atoms with Crippen LogP contribution in [0.25, 0.3) is 11.0 Å². The number of fused-ring (bicyclic) bond motifs is 1. The topological polar surface area (TPSA) is 108 Å². The molecule has 3 rings (SSSR count). The molecule has 0 unspecified atom stereocenters. The van der Waals surface area contributed by atoms with Gasteiger partial charge in [0.15, 0.2) is 9.84 Å². The Labute approximate surface area is 185 Å². The van der Waals surface area contributed by atoms with Gasteiger partial charge in [0.25, 0.3) is 0 Å². The zero-order chi connectivity index (χ0) is 23.6. The van der Waals surface area contributed by atoms with Gasteiger partial charge in [-0.3, -0.25) is 14.4 Å². The highest BCUT2D eigenvalue weighted by Gasteiger charge is 2.21. The van der Waals surface area contributed by atoms with Gasteiger partial charge in [-0.1, -0.05) is 12.1 Å². The number of para-hydroxylation sites is 2. The van der Waals surface area contributed by atoms with Crippen molar-refractivity contribution < 1.29 is 17.9 Å². The van der Waals surface area contributed by atoms with Crippen molar-refractivity contribution in [2.24, 2.45) is 14.1 Å². The zero-order valence-electron chi connectivity index (χ0n) is 18.4. The Morgan fingerprint density at radius 1 is 1.00 bits per heavy atom. The first-order valence-electron chi connectivity index (χ1n) is 9.99. The van der Waals surface area contributed by atoms with Gasteiger partial charge in [0.1, 0.15) is 5.75 Å². The van der Waals surface area contributed by atoms with Crippen molar-refractivity contribution in [3.63, 3.8) is 0 Å². The van der Waals surface area contributed by atoms with E-state index < -0.39 is 26.7 Å². The van der Waals surface area contributed by atoms with Crippen molar-refractivity contribution in [1.29, 1.82) is 0 Å². The van der Waals surface area contributed by atoms with Gasteiger partial charge in [0.2, 0.25) is 5.91 Å². The van der Waals surface area contributed by atoms with Gasteiger partial charge >= 0.3 is 11.1 Å². The van der Waals surface area contributed by atoms with Crippen LogP contribution in [-0.2, 0) is 28.7 Å². The number of sulfone groups is 1. The summed E-state index contributed by atoms with van der Waals surface area (Å²) in [4.78, 5) is 38.1. The molecule has 1 heterocycles. The van der Waals surface area contributed by atoms with Crippen LogP contribution in [0.15, 0.2) is 56.9 Å². The zero-order valence-corrected chi connectivity index (χ0v) is 19.2. The molecule has 0 aliphatic carbocycles. The lowest BCUT2D eigenvalue weighted by atomic mass is 10.2. The van der Waals surface area contributed by atoms with Crippen molar-refractivity contribution in [2.45, 2.75) is 18.2 Å². The summed E-state index contributed by atoms with van der Waals surface area (Å²) in [6.07, 6.45) is -0.233. The quantitative estimate of drug-likeness (QED) is 0.495. The largest absolute Gasteiger partial charge is 0.492 e. The predicted octanol–water partition coefficient (Wildman–Crippen LogP) is 1.46. The predicted molar refractivity (Wildman–Crippen MR) is 122 cm³/mol. The lowest BCUT2D eigenvalue weighted by Gasteiger charge is -2.20. The fourth-order valence-corrected chi connectivity index (χ4v) is 4.65. The number of aryl methyl sites for hydroxylation is 2. The van der Waals surface area contributed by atoms with Crippen molar-refractivity contribution in [1.82, 2.24) is 9.13 Å². The summed E-state index contributed by atoms with van der Waals surface area (Å²) in [5.74, 6) is -0.246. The molecule has 0 saturated carbocycles. The number of rotatable bonds is 7. The number of ether oxygens (including phenoxy) is 1. The molecule has 0 aliphatic heterocycles. The van der Waals surface area contributed by atoms with E-state index in [9.17, 15) is 22.8 Å². The maximum atomic E-state index is 12.9. The van der Waals surface area contributed by atoms with E-state index in [4.69, 9.17) is 4.74 Å². The van der Waals surface area contributed by atoms with Crippen LogP contribution in [0, 0.1) is 0 Å². The van der Waals surface area contributed by atoms with E-state index in [0.29, 0.717) is 29.1 Å². The molecule has 0 fully saturated rings. The third-order valence-corrected chi connectivity index (χ3v) is 7.02. The first kappa shape index (κ1) is 23.3. The van der Waals surface area contributed by atoms with E-state index in [1.807, 2.05) is 6.92 Å². The van der Waals surface area contributed by atoms with Crippen LogP contribution in [0.3, 0.4) is 0 Å². The van der Waals surface area contributed by atoms with Crippen LogP contribution >= 0.6 is 0 Å². The van der Waals surface area contributed by atoms with E-state index >= 15 is 0 Å². The number of carbonyl (C=O) groups excluding carboxylic acids is 1. The van der Waals surface area contributed by atoms with Gasteiger partial charge in [-0.05, 0) is 37.3 Å². The molecule has 1 amide bonds. The SMILES string of the molecule is CCOc1ccccc1N(C)C(=O)CCS(=O)(=O)c1ccc2c(c1)n(C)c(=O)c(=O)n2C. The molecular formula is C22H25N3O6S. The Kier molecular flexibility index (Phi) is 6.54. The van der Waals surface area contributed by atoms with Crippen molar-refractivity contribution >= 4 is 32.5 Å². The van der Waals surface area contributed by atoms with Crippen LogP contribution in [0.4, 0.5) is 5.69 Å². The van der Waals surface area contributed by atoms with Gasteiger partial charge in [-0.25, -0.2) is 8.42 Å². The summed E-state index contributed by atoms with van der Waals surface area (Å²) in [6, 6.07) is 11.2. The number of hydrogen-bond acceptors (Lipinski definition) is 6. The summed E-state index contributed by atoms with van der Waals surface area (Å²) in [5.41, 5.74) is -0.152. The minimum absolute atomic E-state index is 0.0242. The Morgan fingerprint density at radius 3 is 2.28 bits per heavy atom. The molecule has 3 aromatic rings. The first-order chi connectivity index (χ1) is 15.1. The van der Waals surface area contributed by atoms with E-state index in [1.54, 1.807) is 31.3 Å². The molecule has 32 heavy (non-hydrogen) atoms. The van der Waals surface area contributed by atoms with Gasteiger partial charge in [0, 0.05) is 27.6 Å². The second-order valence-corrected chi connectivity index (χ2v) is 9.41. The van der Waals surface area contributed by atoms with E-state index in [1.165, 1.54) is 41.8 Å². The number of amides is 1. The Hall–Kier alpha value is -3.40. The van der Waals surface area contributed by atoms with Crippen molar-refractivity contribution in [3.8, 4) is 5.75 Å². The lowest BCUT2D eigenvalue weighted by Crippen LogP contribution is -2.39. The summed E-state index contributed by atoms with van der Waals surface area (Å²) in [7, 11) is 0.618. The monoisotopic (exact) mass is 459 g/mol. The Morgan fingerprint density at radius 2 is 1.62 bits per heavy atom. The molecular weight excluding hydrogens is 434 g/mol.